The maximum atomic E-state index is 11.5. The van der Waals surface area contributed by atoms with E-state index in [2.05, 4.69) is 10.3 Å². The predicted octanol–water partition coefficient (Wildman–Crippen LogP) is 0.598. The Bertz CT molecular complexity index is 226. The third-order valence-electron chi connectivity index (χ3n) is 3.36. The number of nitrogens with one attached hydrogen (secondary N) is 1. The zero-order valence-electron chi connectivity index (χ0n) is 9.54. The third kappa shape index (κ3) is 2.49. The number of nitrogens with zero attached hydrogens (tertiary/aromatic N) is 2. The number of amides is 1. The SMILES string of the molecule is CCN1C(=O)CCN1CC1CCCCN1. The van der Waals surface area contributed by atoms with Gasteiger partial charge in [0.15, 0.2) is 0 Å². The number of carbonyl (C=O) groups excluding carboxylic acids is 1. The zero-order valence-corrected chi connectivity index (χ0v) is 9.54. The molecule has 0 aromatic carbocycles. The number of hydrogen-bond acceptors (Lipinski definition) is 3. The summed E-state index contributed by atoms with van der Waals surface area (Å²) in [6.07, 6.45) is 4.57. The summed E-state index contributed by atoms with van der Waals surface area (Å²) >= 11 is 0. The van der Waals surface area contributed by atoms with Crippen molar-refractivity contribution in [2.45, 2.75) is 38.6 Å². The Labute approximate surface area is 91.6 Å². The van der Waals surface area contributed by atoms with Gasteiger partial charge in [0.2, 0.25) is 5.91 Å². The maximum absolute atomic E-state index is 11.5. The molecule has 2 saturated heterocycles. The molecule has 0 radical (unpaired) electrons. The van der Waals surface area contributed by atoms with Crippen LogP contribution in [0.25, 0.3) is 0 Å². The second kappa shape index (κ2) is 4.94. The van der Waals surface area contributed by atoms with Crippen LogP contribution in [0.2, 0.25) is 0 Å². The van der Waals surface area contributed by atoms with Crippen LogP contribution in [0.4, 0.5) is 0 Å². The molecule has 2 fully saturated rings. The molecule has 1 unspecified atom stereocenters. The van der Waals surface area contributed by atoms with Crippen molar-refractivity contribution in [1.29, 1.82) is 0 Å². The van der Waals surface area contributed by atoms with Crippen molar-refractivity contribution < 1.29 is 4.79 Å². The van der Waals surface area contributed by atoms with Gasteiger partial charge in [0.05, 0.1) is 0 Å². The molecular formula is C11H21N3O. The minimum atomic E-state index is 0.285. The predicted molar refractivity (Wildman–Crippen MR) is 59.2 cm³/mol. The smallest absolute Gasteiger partial charge is 0.238 e. The van der Waals surface area contributed by atoms with Crippen molar-refractivity contribution in [3.63, 3.8) is 0 Å². The fraction of sp³-hybridized carbons (Fsp3) is 0.909. The van der Waals surface area contributed by atoms with Crippen molar-refractivity contribution in [2.75, 3.05) is 26.2 Å². The molecule has 15 heavy (non-hydrogen) atoms. The van der Waals surface area contributed by atoms with Crippen molar-refractivity contribution in [3.8, 4) is 0 Å². The molecular weight excluding hydrogens is 190 g/mol. The van der Waals surface area contributed by atoms with Crippen molar-refractivity contribution in [1.82, 2.24) is 15.3 Å². The van der Waals surface area contributed by atoms with E-state index in [9.17, 15) is 4.79 Å². The fourth-order valence-corrected chi connectivity index (χ4v) is 2.53. The largest absolute Gasteiger partial charge is 0.313 e. The Hall–Kier alpha value is -0.610. The van der Waals surface area contributed by atoms with Crippen LogP contribution < -0.4 is 5.32 Å². The van der Waals surface area contributed by atoms with Gasteiger partial charge in [0, 0.05) is 32.1 Å². The summed E-state index contributed by atoms with van der Waals surface area (Å²) < 4.78 is 0. The van der Waals surface area contributed by atoms with Gasteiger partial charge in [-0.05, 0) is 26.3 Å². The highest BCUT2D eigenvalue weighted by Crippen LogP contribution is 2.15. The van der Waals surface area contributed by atoms with Gasteiger partial charge in [-0.15, -0.1) is 0 Å². The summed E-state index contributed by atoms with van der Waals surface area (Å²) in [6, 6.07) is 0.582. The quantitative estimate of drug-likeness (QED) is 0.742. The highest BCUT2D eigenvalue weighted by Gasteiger charge is 2.29. The molecule has 0 aromatic heterocycles. The first-order valence-electron chi connectivity index (χ1n) is 6.10. The molecule has 2 aliphatic rings. The Morgan fingerprint density at radius 3 is 3.00 bits per heavy atom. The normalized spacial score (nSPS) is 28.7. The third-order valence-corrected chi connectivity index (χ3v) is 3.36. The van der Waals surface area contributed by atoms with E-state index in [0.29, 0.717) is 12.5 Å². The average molecular weight is 211 g/mol. The van der Waals surface area contributed by atoms with Crippen LogP contribution in [0.5, 0.6) is 0 Å². The standard InChI is InChI=1S/C11H21N3O/c1-2-14-11(15)6-8-13(14)9-10-5-3-4-7-12-10/h10,12H,2-9H2,1H3. The summed E-state index contributed by atoms with van der Waals surface area (Å²) in [5, 5.41) is 7.64. The molecule has 0 saturated carbocycles. The average Bonchev–Trinajstić information content (AvgIpc) is 2.61. The summed E-state index contributed by atoms with van der Waals surface area (Å²) in [6.45, 7) is 5.90. The minimum absolute atomic E-state index is 0.285. The van der Waals surface area contributed by atoms with E-state index < -0.39 is 0 Å². The van der Waals surface area contributed by atoms with E-state index in [0.717, 1.165) is 26.2 Å². The summed E-state index contributed by atoms with van der Waals surface area (Å²) in [7, 11) is 0. The number of carbonyl (C=O) groups is 1. The molecule has 0 spiro atoms. The second-order valence-electron chi connectivity index (χ2n) is 4.42. The van der Waals surface area contributed by atoms with Gasteiger partial charge < -0.3 is 5.32 Å². The lowest BCUT2D eigenvalue weighted by Crippen LogP contribution is -2.48. The highest BCUT2D eigenvalue weighted by atomic mass is 16.2. The van der Waals surface area contributed by atoms with Gasteiger partial charge in [-0.1, -0.05) is 6.42 Å². The van der Waals surface area contributed by atoms with Crippen LogP contribution in [0.15, 0.2) is 0 Å². The lowest BCUT2D eigenvalue weighted by Gasteiger charge is -2.32. The number of rotatable bonds is 3. The maximum Gasteiger partial charge on any atom is 0.238 e. The molecule has 4 heteroatoms. The van der Waals surface area contributed by atoms with Crippen LogP contribution in [-0.4, -0.2) is 48.1 Å². The molecule has 0 aromatic rings. The van der Waals surface area contributed by atoms with Crippen LogP contribution in [-0.2, 0) is 4.79 Å². The topological polar surface area (TPSA) is 35.6 Å². The molecule has 1 atom stereocenters. The second-order valence-corrected chi connectivity index (χ2v) is 4.42. The molecule has 2 heterocycles. The molecule has 2 rings (SSSR count). The molecule has 1 amide bonds. The Morgan fingerprint density at radius 1 is 1.47 bits per heavy atom. The molecule has 0 aliphatic carbocycles. The number of hydrazine groups is 1. The lowest BCUT2D eigenvalue weighted by molar-refractivity contribution is -0.137. The molecule has 4 nitrogen and oxygen atoms in total. The summed E-state index contributed by atoms with van der Waals surface area (Å²) in [4.78, 5) is 11.5. The molecule has 0 bridgehead atoms. The highest BCUT2D eigenvalue weighted by molar-refractivity contribution is 5.77. The Balaban J connectivity index is 1.85. The van der Waals surface area contributed by atoms with Gasteiger partial charge in [-0.3, -0.25) is 9.80 Å². The fourth-order valence-electron chi connectivity index (χ4n) is 2.53. The van der Waals surface area contributed by atoms with E-state index in [1.165, 1.54) is 19.3 Å². The first-order chi connectivity index (χ1) is 7.31. The van der Waals surface area contributed by atoms with Crippen molar-refractivity contribution in [2.24, 2.45) is 0 Å². The van der Waals surface area contributed by atoms with Gasteiger partial charge >= 0.3 is 0 Å². The molecule has 1 N–H and O–H groups in total. The van der Waals surface area contributed by atoms with E-state index in [1.807, 2.05) is 11.9 Å². The van der Waals surface area contributed by atoms with E-state index >= 15 is 0 Å². The van der Waals surface area contributed by atoms with E-state index in [1.54, 1.807) is 0 Å². The van der Waals surface area contributed by atoms with E-state index in [4.69, 9.17) is 0 Å². The minimum Gasteiger partial charge on any atom is -0.313 e. The first-order valence-corrected chi connectivity index (χ1v) is 6.10. The van der Waals surface area contributed by atoms with Gasteiger partial charge in [-0.2, -0.15) is 0 Å². The number of piperidine rings is 1. The van der Waals surface area contributed by atoms with E-state index in [-0.39, 0.29) is 5.91 Å². The van der Waals surface area contributed by atoms with Gasteiger partial charge in [0.25, 0.3) is 0 Å². The van der Waals surface area contributed by atoms with Gasteiger partial charge in [-0.25, -0.2) is 5.01 Å². The van der Waals surface area contributed by atoms with Crippen molar-refractivity contribution in [3.05, 3.63) is 0 Å². The number of hydrogen-bond donors (Lipinski definition) is 1. The summed E-state index contributed by atoms with van der Waals surface area (Å²) in [5.41, 5.74) is 0. The molecule has 86 valence electrons. The Morgan fingerprint density at radius 2 is 2.33 bits per heavy atom. The first kappa shape index (κ1) is 10.9. The summed E-state index contributed by atoms with van der Waals surface area (Å²) in [5.74, 6) is 0.285. The van der Waals surface area contributed by atoms with Crippen LogP contribution in [0, 0.1) is 0 Å². The zero-order chi connectivity index (χ0) is 10.7. The van der Waals surface area contributed by atoms with Crippen LogP contribution in [0.1, 0.15) is 32.6 Å². The lowest BCUT2D eigenvalue weighted by atomic mass is 10.1. The Kier molecular flexibility index (Phi) is 3.59. The van der Waals surface area contributed by atoms with Crippen LogP contribution >= 0.6 is 0 Å². The molecule has 2 aliphatic heterocycles. The van der Waals surface area contributed by atoms with Gasteiger partial charge in [0.1, 0.15) is 0 Å². The van der Waals surface area contributed by atoms with Crippen molar-refractivity contribution >= 4 is 5.91 Å². The van der Waals surface area contributed by atoms with Crippen LogP contribution in [0.3, 0.4) is 0 Å². The monoisotopic (exact) mass is 211 g/mol.